The zero-order chi connectivity index (χ0) is 19.3. The number of ether oxygens (including phenoxy) is 1. The van der Waals surface area contributed by atoms with Crippen molar-refractivity contribution in [2.45, 2.75) is 18.8 Å². The summed E-state index contributed by atoms with van der Waals surface area (Å²) in [6.07, 6.45) is 3.52. The molecule has 0 bridgehead atoms. The van der Waals surface area contributed by atoms with E-state index in [2.05, 4.69) is 10.3 Å². The summed E-state index contributed by atoms with van der Waals surface area (Å²) in [5.41, 5.74) is 7.27. The fourth-order valence-corrected chi connectivity index (χ4v) is 3.38. The summed E-state index contributed by atoms with van der Waals surface area (Å²) in [5, 5.41) is 3.34. The molecular weight excluding hydrogens is 352 g/mol. The molecule has 2 aromatic carbocycles. The maximum atomic E-state index is 11.9. The normalized spacial score (nSPS) is 14.6. The van der Waals surface area contributed by atoms with Gasteiger partial charge in [-0.15, -0.1) is 0 Å². The molecule has 0 unspecified atom stereocenters. The minimum absolute atomic E-state index is 0.294. The molecule has 0 spiro atoms. The second-order valence-corrected chi connectivity index (χ2v) is 6.82. The number of nitrogens with one attached hydrogen (secondary N) is 1. The minimum Gasteiger partial charge on any atom is -0.457 e. The summed E-state index contributed by atoms with van der Waals surface area (Å²) < 4.78 is 5.83. The van der Waals surface area contributed by atoms with Crippen LogP contribution in [0, 0.1) is 0 Å². The number of amides is 1. The van der Waals surface area contributed by atoms with Crippen LogP contribution in [0.5, 0.6) is 11.5 Å². The average molecular weight is 374 g/mol. The number of hydrogen-bond donors (Lipinski definition) is 2. The quantitative estimate of drug-likeness (QED) is 0.713. The Balaban J connectivity index is 1.63. The van der Waals surface area contributed by atoms with Crippen LogP contribution in [0.1, 0.15) is 34.9 Å². The van der Waals surface area contributed by atoms with Gasteiger partial charge in [-0.2, -0.15) is 0 Å². The van der Waals surface area contributed by atoms with Crippen LogP contribution in [0.15, 0.2) is 60.8 Å². The Morgan fingerprint density at radius 1 is 1.00 bits per heavy atom. The van der Waals surface area contributed by atoms with Crippen molar-refractivity contribution in [1.82, 2.24) is 15.3 Å². The van der Waals surface area contributed by atoms with Crippen LogP contribution in [0.25, 0.3) is 11.3 Å². The van der Waals surface area contributed by atoms with Gasteiger partial charge in [-0.25, -0.2) is 9.97 Å². The van der Waals surface area contributed by atoms with E-state index in [0.29, 0.717) is 22.9 Å². The van der Waals surface area contributed by atoms with E-state index in [0.717, 1.165) is 43.1 Å². The summed E-state index contributed by atoms with van der Waals surface area (Å²) in [6, 6.07) is 17.1. The molecule has 1 fully saturated rings. The van der Waals surface area contributed by atoms with E-state index in [-0.39, 0.29) is 0 Å². The first-order valence-corrected chi connectivity index (χ1v) is 9.41. The molecule has 28 heavy (non-hydrogen) atoms. The average Bonchev–Trinajstić information content (AvgIpc) is 2.75. The van der Waals surface area contributed by atoms with Gasteiger partial charge in [0.15, 0.2) is 0 Å². The zero-order valence-corrected chi connectivity index (χ0v) is 15.5. The van der Waals surface area contributed by atoms with Crippen molar-refractivity contribution in [2.75, 3.05) is 13.1 Å². The Morgan fingerprint density at radius 2 is 1.68 bits per heavy atom. The molecule has 1 aliphatic heterocycles. The van der Waals surface area contributed by atoms with Crippen LogP contribution in [0.3, 0.4) is 0 Å². The van der Waals surface area contributed by atoms with Gasteiger partial charge in [0.2, 0.25) is 0 Å². The number of benzene rings is 2. The fraction of sp³-hybridized carbons (Fsp3) is 0.227. The lowest BCUT2D eigenvalue weighted by atomic mass is 9.96. The number of hydrogen-bond acceptors (Lipinski definition) is 5. The van der Waals surface area contributed by atoms with Crippen LogP contribution in [-0.4, -0.2) is 29.0 Å². The summed E-state index contributed by atoms with van der Waals surface area (Å²) in [7, 11) is 0. The lowest BCUT2D eigenvalue weighted by Crippen LogP contribution is -2.28. The maximum Gasteiger partial charge on any atom is 0.252 e. The molecule has 0 radical (unpaired) electrons. The number of primary amides is 1. The topological polar surface area (TPSA) is 90.1 Å². The third-order valence-electron chi connectivity index (χ3n) is 4.88. The number of rotatable bonds is 5. The van der Waals surface area contributed by atoms with Gasteiger partial charge in [-0.05, 0) is 62.3 Å². The van der Waals surface area contributed by atoms with E-state index in [4.69, 9.17) is 15.5 Å². The third kappa shape index (κ3) is 4.02. The summed E-state index contributed by atoms with van der Waals surface area (Å²) in [5.74, 6) is 2.01. The molecule has 1 saturated heterocycles. The third-order valence-corrected chi connectivity index (χ3v) is 4.88. The highest BCUT2D eigenvalue weighted by Crippen LogP contribution is 2.29. The second kappa shape index (κ2) is 8.19. The molecule has 3 aromatic rings. The number of para-hydroxylation sites is 1. The smallest absolute Gasteiger partial charge is 0.252 e. The Kier molecular flexibility index (Phi) is 5.30. The van der Waals surface area contributed by atoms with Crippen LogP contribution in [-0.2, 0) is 0 Å². The number of carbonyl (C=O) groups is 1. The van der Waals surface area contributed by atoms with E-state index in [9.17, 15) is 4.79 Å². The molecule has 1 amide bonds. The van der Waals surface area contributed by atoms with Crippen molar-refractivity contribution in [3.8, 4) is 22.8 Å². The molecule has 0 saturated carbocycles. The van der Waals surface area contributed by atoms with E-state index in [1.165, 1.54) is 0 Å². The zero-order valence-electron chi connectivity index (χ0n) is 15.5. The number of nitrogens with zero attached hydrogens (tertiary/aromatic N) is 2. The van der Waals surface area contributed by atoms with Crippen LogP contribution in [0.4, 0.5) is 0 Å². The Morgan fingerprint density at radius 3 is 2.36 bits per heavy atom. The van der Waals surface area contributed by atoms with Crippen molar-refractivity contribution in [1.29, 1.82) is 0 Å². The van der Waals surface area contributed by atoms with Gasteiger partial charge >= 0.3 is 0 Å². The highest BCUT2D eigenvalue weighted by molar-refractivity contribution is 5.98. The van der Waals surface area contributed by atoms with Crippen molar-refractivity contribution in [3.05, 3.63) is 72.2 Å². The fourth-order valence-electron chi connectivity index (χ4n) is 3.38. The Hall–Kier alpha value is -3.25. The SMILES string of the molecule is NC(=O)c1cnc(C2CCNCC2)nc1-c1ccc(Oc2ccccc2)cc1. The molecule has 4 rings (SSSR count). The van der Waals surface area contributed by atoms with Gasteiger partial charge < -0.3 is 15.8 Å². The van der Waals surface area contributed by atoms with E-state index >= 15 is 0 Å². The van der Waals surface area contributed by atoms with Gasteiger partial charge in [-0.1, -0.05) is 18.2 Å². The molecule has 0 aliphatic carbocycles. The predicted octanol–water partition coefficient (Wildman–Crippen LogP) is 3.50. The lowest BCUT2D eigenvalue weighted by Gasteiger charge is -2.22. The van der Waals surface area contributed by atoms with E-state index in [1.807, 2.05) is 54.6 Å². The second-order valence-electron chi connectivity index (χ2n) is 6.82. The molecule has 6 heteroatoms. The summed E-state index contributed by atoms with van der Waals surface area (Å²) in [4.78, 5) is 21.0. The van der Waals surface area contributed by atoms with Gasteiger partial charge in [0.25, 0.3) is 5.91 Å². The van der Waals surface area contributed by atoms with Crippen molar-refractivity contribution in [3.63, 3.8) is 0 Å². The van der Waals surface area contributed by atoms with Gasteiger partial charge in [0, 0.05) is 17.7 Å². The van der Waals surface area contributed by atoms with Gasteiger partial charge in [0.1, 0.15) is 17.3 Å². The Bertz CT molecular complexity index is 952. The van der Waals surface area contributed by atoms with Gasteiger partial charge in [-0.3, -0.25) is 4.79 Å². The van der Waals surface area contributed by atoms with Crippen molar-refractivity contribution in [2.24, 2.45) is 5.73 Å². The molecular formula is C22H22N4O2. The molecule has 1 aliphatic rings. The first-order chi connectivity index (χ1) is 13.7. The first kappa shape index (κ1) is 18.1. The highest BCUT2D eigenvalue weighted by Gasteiger charge is 2.21. The number of aromatic nitrogens is 2. The van der Waals surface area contributed by atoms with E-state index < -0.39 is 5.91 Å². The summed E-state index contributed by atoms with van der Waals surface area (Å²) in [6.45, 7) is 1.90. The first-order valence-electron chi connectivity index (χ1n) is 9.41. The maximum absolute atomic E-state index is 11.9. The van der Waals surface area contributed by atoms with Crippen LogP contribution in [0.2, 0.25) is 0 Å². The number of carbonyl (C=O) groups excluding carboxylic acids is 1. The van der Waals surface area contributed by atoms with Gasteiger partial charge in [0.05, 0.1) is 11.3 Å². The van der Waals surface area contributed by atoms with E-state index in [1.54, 1.807) is 6.20 Å². The minimum atomic E-state index is -0.531. The molecule has 0 atom stereocenters. The summed E-state index contributed by atoms with van der Waals surface area (Å²) >= 11 is 0. The largest absolute Gasteiger partial charge is 0.457 e. The van der Waals surface area contributed by atoms with Crippen molar-refractivity contribution >= 4 is 5.91 Å². The molecule has 1 aromatic heterocycles. The standard InChI is InChI=1S/C22H22N4O2/c23-21(27)19-14-25-22(16-10-12-24-13-11-16)26-20(19)15-6-8-18(9-7-15)28-17-4-2-1-3-5-17/h1-9,14,16,24H,10-13H2,(H2,23,27). The molecule has 142 valence electrons. The molecule has 3 N–H and O–H groups in total. The number of piperidine rings is 1. The molecule has 6 nitrogen and oxygen atoms in total. The monoisotopic (exact) mass is 374 g/mol. The lowest BCUT2D eigenvalue weighted by molar-refractivity contribution is 0.1000. The molecule has 2 heterocycles. The van der Waals surface area contributed by atoms with Crippen LogP contribution < -0.4 is 15.8 Å². The highest BCUT2D eigenvalue weighted by atomic mass is 16.5. The number of nitrogens with two attached hydrogens (primary N) is 1. The van der Waals surface area contributed by atoms with Crippen LogP contribution >= 0.6 is 0 Å². The predicted molar refractivity (Wildman–Crippen MR) is 107 cm³/mol. The Labute approximate surface area is 163 Å². The van der Waals surface area contributed by atoms with Crippen molar-refractivity contribution < 1.29 is 9.53 Å².